The van der Waals surface area contributed by atoms with Gasteiger partial charge in [-0.3, -0.25) is 0 Å². The van der Waals surface area contributed by atoms with E-state index in [4.69, 9.17) is 11.6 Å². The first-order chi connectivity index (χ1) is 5.95. The van der Waals surface area contributed by atoms with Gasteiger partial charge in [0.05, 0.1) is 0 Å². The maximum absolute atomic E-state index is 12.7. The topological polar surface area (TPSA) is 0 Å². The molecule has 0 saturated carbocycles. The molecule has 0 heterocycles. The first-order valence-electron chi connectivity index (χ1n) is 2.98. The molecule has 70 valence electrons. The Morgan fingerprint density at radius 3 is 2.08 bits per heavy atom. The molecule has 1 aromatic carbocycles. The molecule has 0 radical (unpaired) electrons. The van der Waals surface area contributed by atoms with Gasteiger partial charge in [-0.2, -0.15) is 0 Å². The third-order valence-electron chi connectivity index (χ3n) is 1.31. The van der Waals surface area contributed by atoms with E-state index in [2.05, 4.69) is 12.2 Å². The molecule has 0 fully saturated rings. The van der Waals surface area contributed by atoms with Crippen LogP contribution < -0.4 is 0 Å². The van der Waals surface area contributed by atoms with Crippen LogP contribution in [0, 0.1) is 23.3 Å². The Bertz CT molecular complexity index is 377. The lowest BCUT2D eigenvalue weighted by molar-refractivity contribution is 0.408. The summed E-state index contributed by atoms with van der Waals surface area (Å²) in [7, 11) is 0. The average molecular weight is 229 g/mol. The molecule has 1 aromatic rings. The molecule has 13 heavy (non-hydrogen) atoms. The zero-order chi connectivity index (χ0) is 10.2. The lowest BCUT2D eigenvalue weighted by Gasteiger charge is -2.01. The second-order valence-corrected chi connectivity index (χ2v) is 3.13. The minimum Gasteiger partial charge on any atom is -0.204 e. The van der Waals surface area contributed by atoms with Crippen LogP contribution in [0.1, 0.15) is 5.56 Å². The number of benzene rings is 1. The van der Waals surface area contributed by atoms with Crippen molar-refractivity contribution in [2.24, 2.45) is 0 Å². The Hall–Kier alpha value is -0.680. The molecule has 0 amide bonds. The highest BCUT2D eigenvalue weighted by Gasteiger charge is 2.19. The smallest absolute Gasteiger partial charge is 0.198 e. The summed E-state index contributed by atoms with van der Waals surface area (Å²) in [5.74, 6) is -6.91. The average Bonchev–Trinajstić information content (AvgIpc) is 2.07. The minimum atomic E-state index is -1.92. The molecule has 0 spiro atoms. The van der Waals surface area contributed by atoms with E-state index >= 15 is 0 Å². The molecule has 0 aliphatic rings. The summed E-state index contributed by atoms with van der Waals surface area (Å²) >= 11 is 9.42. The molecule has 0 aromatic heterocycles. The zero-order valence-electron chi connectivity index (χ0n) is 5.88. The highest BCUT2D eigenvalue weighted by Crippen LogP contribution is 2.20. The monoisotopic (exact) mass is 228 g/mol. The highest BCUT2D eigenvalue weighted by molar-refractivity contribution is 7.83. The summed E-state index contributed by atoms with van der Waals surface area (Å²) in [4.78, 5) is 0. The summed E-state index contributed by atoms with van der Waals surface area (Å²) in [6.45, 7) is 0. The van der Waals surface area contributed by atoms with Gasteiger partial charge < -0.3 is 0 Å². The molecule has 0 aliphatic heterocycles. The summed E-state index contributed by atoms with van der Waals surface area (Å²) in [5.41, 5.74) is -0.659. The zero-order valence-corrected chi connectivity index (χ0v) is 7.45. The van der Waals surface area contributed by atoms with Gasteiger partial charge in [0.1, 0.15) is 4.32 Å². The van der Waals surface area contributed by atoms with Crippen molar-refractivity contribution in [2.75, 3.05) is 0 Å². The lowest BCUT2D eigenvalue weighted by atomic mass is 10.2. The largest absolute Gasteiger partial charge is 0.204 e. The van der Waals surface area contributed by atoms with Crippen LogP contribution in [0.2, 0.25) is 0 Å². The number of rotatable bonds is 1. The third kappa shape index (κ3) is 1.81. The van der Waals surface area contributed by atoms with Crippen LogP contribution >= 0.6 is 23.8 Å². The van der Waals surface area contributed by atoms with Crippen molar-refractivity contribution in [1.82, 2.24) is 0 Å². The number of hydrogen-bond acceptors (Lipinski definition) is 1. The van der Waals surface area contributed by atoms with Crippen molar-refractivity contribution in [2.45, 2.75) is 0 Å². The number of halogens is 5. The molecular weight excluding hydrogens is 228 g/mol. The van der Waals surface area contributed by atoms with Crippen molar-refractivity contribution < 1.29 is 17.6 Å². The van der Waals surface area contributed by atoms with Crippen LogP contribution in [-0.4, -0.2) is 4.32 Å². The van der Waals surface area contributed by atoms with Crippen LogP contribution in [0.5, 0.6) is 0 Å². The molecule has 0 aliphatic carbocycles. The van der Waals surface area contributed by atoms with E-state index in [9.17, 15) is 17.6 Å². The third-order valence-corrected chi connectivity index (χ3v) is 1.74. The maximum atomic E-state index is 12.7. The fraction of sp³-hybridized carbons (Fsp3) is 0. The van der Waals surface area contributed by atoms with Crippen molar-refractivity contribution in [3.8, 4) is 0 Å². The molecule has 6 heteroatoms. The van der Waals surface area contributed by atoms with Crippen LogP contribution in [0.15, 0.2) is 6.07 Å². The molecule has 0 nitrogen and oxygen atoms in total. The van der Waals surface area contributed by atoms with Gasteiger partial charge in [0, 0.05) is 5.56 Å². The number of hydrogen-bond donors (Lipinski definition) is 0. The number of thiocarbonyl (C=S) groups is 1. The Labute approximate surface area is 81.1 Å². The van der Waals surface area contributed by atoms with E-state index in [1.165, 1.54) is 0 Å². The van der Waals surface area contributed by atoms with E-state index in [1.54, 1.807) is 0 Å². The summed E-state index contributed by atoms with van der Waals surface area (Å²) in [6, 6.07) is 0.406. The molecule has 0 N–H and O–H groups in total. The lowest BCUT2D eigenvalue weighted by Crippen LogP contribution is -2.03. The molecule has 0 bridgehead atoms. The van der Waals surface area contributed by atoms with Crippen LogP contribution in [-0.2, 0) is 0 Å². The van der Waals surface area contributed by atoms with E-state index < -0.39 is 33.2 Å². The van der Waals surface area contributed by atoms with Gasteiger partial charge in [0.15, 0.2) is 23.3 Å². The standard InChI is InChI=1S/C7HClF4S/c8-7(13)2-1-3(9)5(11)6(12)4(2)10/h1H. The van der Waals surface area contributed by atoms with Gasteiger partial charge in [-0.05, 0) is 6.07 Å². The second-order valence-electron chi connectivity index (χ2n) is 2.12. The van der Waals surface area contributed by atoms with Crippen molar-refractivity contribution in [3.63, 3.8) is 0 Å². The first kappa shape index (κ1) is 10.4. The quantitative estimate of drug-likeness (QED) is 0.234. The van der Waals surface area contributed by atoms with E-state index in [0.29, 0.717) is 6.07 Å². The van der Waals surface area contributed by atoms with Crippen LogP contribution in [0.3, 0.4) is 0 Å². The van der Waals surface area contributed by atoms with E-state index in [0.717, 1.165) is 0 Å². The fourth-order valence-electron chi connectivity index (χ4n) is 0.716. The normalized spacial score (nSPS) is 10.2. The second kappa shape index (κ2) is 3.59. The Morgan fingerprint density at radius 2 is 1.62 bits per heavy atom. The van der Waals surface area contributed by atoms with Gasteiger partial charge in [-0.25, -0.2) is 17.6 Å². The Kier molecular flexibility index (Phi) is 2.87. The molecule has 0 atom stereocenters. The summed E-state index contributed by atoms with van der Waals surface area (Å²) < 4.78 is 49.5. The van der Waals surface area contributed by atoms with Crippen molar-refractivity contribution in [3.05, 3.63) is 34.9 Å². The van der Waals surface area contributed by atoms with Gasteiger partial charge in [0.25, 0.3) is 0 Å². The molecule has 1 rings (SSSR count). The van der Waals surface area contributed by atoms with Gasteiger partial charge in [-0.15, -0.1) is 0 Å². The summed E-state index contributed by atoms with van der Waals surface area (Å²) in [6.07, 6.45) is 0. The van der Waals surface area contributed by atoms with Crippen LogP contribution in [0.4, 0.5) is 17.6 Å². The SMILES string of the molecule is Fc1cc(C(=S)Cl)c(F)c(F)c1F. The predicted octanol–water partition coefficient (Wildman–Crippen LogP) is 3.16. The predicted molar refractivity (Wildman–Crippen MR) is 43.8 cm³/mol. The Morgan fingerprint density at radius 1 is 1.08 bits per heavy atom. The van der Waals surface area contributed by atoms with Gasteiger partial charge in [-0.1, -0.05) is 23.8 Å². The fourth-order valence-corrected chi connectivity index (χ4v) is 1.00. The van der Waals surface area contributed by atoms with E-state index in [1.807, 2.05) is 0 Å². The maximum Gasteiger partial charge on any atom is 0.198 e. The molecule has 0 saturated heterocycles. The summed E-state index contributed by atoms with van der Waals surface area (Å²) in [5, 5.41) is 0. The van der Waals surface area contributed by atoms with Crippen molar-refractivity contribution >= 4 is 28.1 Å². The molecule has 0 unspecified atom stereocenters. The van der Waals surface area contributed by atoms with Gasteiger partial charge in [0.2, 0.25) is 0 Å². The molecular formula is C7HClF4S. The van der Waals surface area contributed by atoms with E-state index in [-0.39, 0.29) is 0 Å². The van der Waals surface area contributed by atoms with Crippen LogP contribution in [0.25, 0.3) is 0 Å². The van der Waals surface area contributed by atoms with Crippen molar-refractivity contribution in [1.29, 1.82) is 0 Å². The van der Waals surface area contributed by atoms with Gasteiger partial charge >= 0.3 is 0 Å². The Balaban J connectivity index is 3.50. The first-order valence-corrected chi connectivity index (χ1v) is 3.76. The highest BCUT2D eigenvalue weighted by atomic mass is 35.5. The minimum absolute atomic E-state index is 0.406.